The molecule has 0 amide bonds. The van der Waals surface area contributed by atoms with Crippen molar-refractivity contribution in [3.8, 4) is 0 Å². The minimum absolute atomic E-state index is 0.113. The molecule has 2 aliphatic carbocycles. The Morgan fingerprint density at radius 1 is 1.00 bits per heavy atom. The second-order valence-electron chi connectivity index (χ2n) is 9.11. The fourth-order valence-corrected chi connectivity index (χ4v) is 6.49. The highest BCUT2D eigenvalue weighted by Gasteiger charge is 2.45. The first-order chi connectivity index (χ1) is 14.1. The third-order valence-electron chi connectivity index (χ3n) is 7.39. The lowest BCUT2D eigenvalue weighted by Gasteiger charge is -2.33. The molecule has 2 aromatic heterocycles. The Morgan fingerprint density at radius 2 is 1.69 bits per heavy atom. The molecule has 3 heterocycles. The molecule has 0 spiro atoms. The zero-order valence-electron chi connectivity index (χ0n) is 17.6. The molecule has 2 unspecified atom stereocenters. The zero-order valence-corrected chi connectivity index (χ0v) is 18.4. The Bertz CT molecular complexity index is 878. The highest BCUT2D eigenvalue weighted by Crippen LogP contribution is 2.45. The average molecular weight is 409 g/mol. The summed E-state index contributed by atoms with van der Waals surface area (Å²) in [7, 11) is 0. The van der Waals surface area contributed by atoms with Gasteiger partial charge in [-0.15, -0.1) is 0 Å². The van der Waals surface area contributed by atoms with E-state index in [-0.39, 0.29) is 12.1 Å². The van der Waals surface area contributed by atoms with E-state index in [2.05, 4.69) is 46.8 Å². The highest BCUT2D eigenvalue weighted by atomic mass is 32.1. The Labute approximate surface area is 179 Å². The number of rotatable bonds is 4. The monoisotopic (exact) mass is 408 g/mol. The van der Waals surface area contributed by atoms with Gasteiger partial charge >= 0.3 is 0 Å². The smallest absolute Gasteiger partial charge is 0.170 e. The van der Waals surface area contributed by atoms with E-state index in [4.69, 9.17) is 17.2 Å². The third kappa shape index (κ3) is 3.27. The van der Waals surface area contributed by atoms with Crippen LogP contribution in [-0.2, 0) is 0 Å². The van der Waals surface area contributed by atoms with Crippen LogP contribution in [0.15, 0.2) is 30.5 Å². The minimum atomic E-state index is 0.113. The quantitative estimate of drug-likeness (QED) is 0.674. The van der Waals surface area contributed by atoms with Crippen molar-refractivity contribution in [2.45, 2.75) is 89.4 Å². The summed E-state index contributed by atoms with van der Waals surface area (Å²) >= 11 is 5.90. The predicted molar refractivity (Wildman–Crippen MR) is 121 cm³/mol. The lowest BCUT2D eigenvalue weighted by Crippen LogP contribution is -2.37. The number of aromatic nitrogens is 2. The van der Waals surface area contributed by atoms with Crippen LogP contribution in [0.1, 0.15) is 92.1 Å². The molecule has 0 bridgehead atoms. The number of hydrogen-bond donors (Lipinski definition) is 1. The van der Waals surface area contributed by atoms with Gasteiger partial charge in [0.15, 0.2) is 5.11 Å². The molecule has 3 fully saturated rings. The van der Waals surface area contributed by atoms with Crippen LogP contribution < -0.4 is 5.32 Å². The van der Waals surface area contributed by atoms with E-state index in [1.807, 2.05) is 12.3 Å². The van der Waals surface area contributed by atoms with Crippen LogP contribution in [0.2, 0.25) is 0 Å². The lowest BCUT2D eigenvalue weighted by atomic mass is 9.95. The topological polar surface area (TPSA) is 33.1 Å². The summed E-state index contributed by atoms with van der Waals surface area (Å²) in [6.07, 6.45) is 12.4. The van der Waals surface area contributed by atoms with Crippen LogP contribution in [0.25, 0.3) is 0 Å². The fraction of sp³-hybridized carbons (Fsp3) is 0.583. The van der Waals surface area contributed by atoms with E-state index < -0.39 is 0 Å². The maximum Gasteiger partial charge on any atom is 0.170 e. The SMILES string of the molecule is Cc1cc(C2C(c3ccccn3)NC(=S)N2C2CCCC2)c(C)n1C1CCCC1. The molecule has 0 aromatic carbocycles. The van der Waals surface area contributed by atoms with E-state index in [1.54, 1.807) is 0 Å². The molecule has 3 aliphatic rings. The van der Waals surface area contributed by atoms with Gasteiger partial charge in [-0.3, -0.25) is 4.98 Å². The standard InChI is InChI=1S/C24H32N4S/c1-16-15-20(17(2)27(16)18-9-3-4-10-18)23-22(21-13-7-8-14-25-21)26-24(29)28(23)19-11-5-6-12-19/h7-8,13-15,18-19,22-23H,3-6,9-12H2,1-2H3,(H,26,29). The Kier molecular flexibility index (Phi) is 5.10. The Balaban J connectivity index is 1.59. The van der Waals surface area contributed by atoms with Crippen molar-refractivity contribution in [3.63, 3.8) is 0 Å². The van der Waals surface area contributed by atoms with Gasteiger partial charge in [-0.05, 0) is 75.5 Å². The van der Waals surface area contributed by atoms with Crippen LogP contribution in [0, 0.1) is 13.8 Å². The van der Waals surface area contributed by atoms with Crippen molar-refractivity contribution in [1.82, 2.24) is 19.8 Å². The number of hydrogen-bond acceptors (Lipinski definition) is 2. The molecule has 2 saturated carbocycles. The highest BCUT2D eigenvalue weighted by molar-refractivity contribution is 7.80. The molecule has 1 aliphatic heterocycles. The van der Waals surface area contributed by atoms with Crippen LogP contribution in [-0.4, -0.2) is 25.6 Å². The van der Waals surface area contributed by atoms with Gasteiger partial charge < -0.3 is 14.8 Å². The number of aryl methyl sites for hydroxylation is 1. The average Bonchev–Trinajstić information content (AvgIpc) is 3.50. The summed E-state index contributed by atoms with van der Waals surface area (Å²) < 4.78 is 2.62. The van der Waals surface area contributed by atoms with Gasteiger partial charge in [0.25, 0.3) is 0 Å². The maximum atomic E-state index is 5.90. The van der Waals surface area contributed by atoms with Crippen molar-refractivity contribution in [1.29, 1.82) is 0 Å². The number of nitrogens with zero attached hydrogens (tertiary/aromatic N) is 3. The van der Waals surface area contributed by atoms with Crippen molar-refractivity contribution < 1.29 is 0 Å². The molecule has 5 rings (SSSR count). The predicted octanol–water partition coefficient (Wildman–Crippen LogP) is 5.53. The van der Waals surface area contributed by atoms with Crippen LogP contribution >= 0.6 is 12.2 Å². The van der Waals surface area contributed by atoms with Crippen molar-refractivity contribution >= 4 is 17.3 Å². The largest absolute Gasteiger partial charge is 0.352 e. The lowest BCUT2D eigenvalue weighted by molar-refractivity contribution is 0.244. The maximum absolute atomic E-state index is 5.90. The van der Waals surface area contributed by atoms with E-state index >= 15 is 0 Å². The summed E-state index contributed by atoms with van der Waals surface area (Å²) in [5.74, 6) is 0. The Morgan fingerprint density at radius 3 is 2.34 bits per heavy atom. The van der Waals surface area contributed by atoms with Gasteiger partial charge in [0.05, 0.1) is 17.8 Å². The molecular formula is C24H32N4S. The van der Waals surface area contributed by atoms with Gasteiger partial charge in [-0.1, -0.05) is 31.7 Å². The van der Waals surface area contributed by atoms with E-state index in [1.165, 1.54) is 68.3 Å². The van der Waals surface area contributed by atoms with E-state index in [9.17, 15) is 0 Å². The second-order valence-corrected chi connectivity index (χ2v) is 9.49. The van der Waals surface area contributed by atoms with Crippen molar-refractivity contribution in [2.75, 3.05) is 0 Å². The van der Waals surface area contributed by atoms with Gasteiger partial charge in [-0.25, -0.2) is 0 Å². The summed E-state index contributed by atoms with van der Waals surface area (Å²) in [6.45, 7) is 4.61. The van der Waals surface area contributed by atoms with Crippen LogP contribution in [0.5, 0.6) is 0 Å². The second kappa shape index (κ2) is 7.75. The fourth-order valence-electron chi connectivity index (χ4n) is 6.10. The first-order valence-corrected chi connectivity index (χ1v) is 11.7. The summed E-state index contributed by atoms with van der Waals surface area (Å²) in [5.41, 5.74) is 5.35. The van der Waals surface area contributed by atoms with Crippen molar-refractivity contribution in [3.05, 3.63) is 53.1 Å². The zero-order chi connectivity index (χ0) is 20.0. The normalized spacial score (nSPS) is 25.9. The van der Waals surface area contributed by atoms with Crippen LogP contribution in [0.3, 0.4) is 0 Å². The molecule has 5 heteroatoms. The molecule has 2 aromatic rings. The molecule has 1 saturated heterocycles. The molecule has 29 heavy (non-hydrogen) atoms. The van der Waals surface area contributed by atoms with E-state index in [0.29, 0.717) is 12.1 Å². The molecule has 154 valence electrons. The first kappa shape index (κ1) is 19.1. The van der Waals surface area contributed by atoms with Crippen molar-refractivity contribution in [2.24, 2.45) is 0 Å². The first-order valence-electron chi connectivity index (χ1n) is 11.3. The molecular weight excluding hydrogens is 376 g/mol. The summed E-state index contributed by atoms with van der Waals surface area (Å²) in [4.78, 5) is 7.24. The van der Waals surface area contributed by atoms with Gasteiger partial charge in [-0.2, -0.15) is 0 Å². The number of thiocarbonyl (C=S) groups is 1. The summed E-state index contributed by atoms with van der Waals surface area (Å²) in [5, 5.41) is 4.56. The number of pyridine rings is 1. The third-order valence-corrected chi connectivity index (χ3v) is 7.71. The van der Waals surface area contributed by atoms with E-state index in [0.717, 1.165) is 10.8 Å². The number of nitrogens with one attached hydrogen (secondary N) is 1. The van der Waals surface area contributed by atoms with Gasteiger partial charge in [0.2, 0.25) is 0 Å². The molecule has 0 radical (unpaired) electrons. The Hall–Kier alpha value is -1.88. The molecule has 4 nitrogen and oxygen atoms in total. The minimum Gasteiger partial charge on any atom is -0.352 e. The van der Waals surface area contributed by atoms with Gasteiger partial charge in [0, 0.05) is 29.7 Å². The molecule has 1 N–H and O–H groups in total. The summed E-state index contributed by atoms with van der Waals surface area (Å²) in [6, 6.07) is 10.2. The van der Waals surface area contributed by atoms with Gasteiger partial charge in [0.1, 0.15) is 0 Å². The van der Waals surface area contributed by atoms with Crippen LogP contribution in [0.4, 0.5) is 0 Å². The molecule has 2 atom stereocenters.